The number of nitrogens with zero attached hydrogens (tertiary/aromatic N) is 2. The molecule has 0 spiro atoms. The largest absolute Gasteiger partial charge is 0.385 e. The van der Waals surface area contributed by atoms with E-state index in [4.69, 9.17) is 4.74 Å². The van der Waals surface area contributed by atoms with Crippen LogP contribution in [0.4, 0.5) is 4.79 Å². The molecule has 5 heteroatoms. The topological polar surface area (TPSA) is 44.8 Å². The van der Waals surface area contributed by atoms with Gasteiger partial charge in [0.2, 0.25) is 0 Å². The van der Waals surface area contributed by atoms with Gasteiger partial charge in [-0.15, -0.1) is 0 Å². The fraction of sp³-hybridized carbons (Fsp3) is 0.929. The highest BCUT2D eigenvalue weighted by Crippen LogP contribution is 2.16. The third-order valence-electron chi connectivity index (χ3n) is 3.57. The van der Waals surface area contributed by atoms with Gasteiger partial charge in [0.1, 0.15) is 0 Å². The second-order valence-electron chi connectivity index (χ2n) is 5.79. The minimum absolute atomic E-state index is 0.0604. The van der Waals surface area contributed by atoms with Gasteiger partial charge in [0.15, 0.2) is 0 Å². The number of urea groups is 1. The van der Waals surface area contributed by atoms with Gasteiger partial charge in [-0.05, 0) is 34.1 Å². The maximum Gasteiger partial charge on any atom is 0.317 e. The summed E-state index contributed by atoms with van der Waals surface area (Å²) >= 11 is 0. The first-order valence-electron chi connectivity index (χ1n) is 7.25. The van der Waals surface area contributed by atoms with Crippen LogP contribution in [0, 0.1) is 0 Å². The third-order valence-corrected chi connectivity index (χ3v) is 3.57. The summed E-state index contributed by atoms with van der Waals surface area (Å²) in [5.41, 5.74) is 0. The van der Waals surface area contributed by atoms with Gasteiger partial charge in [-0.1, -0.05) is 0 Å². The molecule has 1 aliphatic heterocycles. The van der Waals surface area contributed by atoms with Gasteiger partial charge in [-0.2, -0.15) is 0 Å². The second-order valence-corrected chi connectivity index (χ2v) is 5.79. The zero-order chi connectivity index (χ0) is 14.4. The van der Waals surface area contributed by atoms with E-state index in [1.807, 2.05) is 18.7 Å². The van der Waals surface area contributed by atoms with Crippen LogP contribution in [0.5, 0.6) is 0 Å². The van der Waals surface area contributed by atoms with Crippen LogP contribution < -0.4 is 5.32 Å². The first-order valence-corrected chi connectivity index (χ1v) is 7.25. The van der Waals surface area contributed by atoms with Crippen LogP contribution in [0.3, 0.4) is 0 Å². The molecule has 0 saturated carbocycles. The molecule has 1 saturated heterocycles. The molecular weight excluding hydrogens is 242 g/mol. The van der Waals surface area contributed by atoms with Crippen LogP contribution in [0.25, 0.3) is 0 Å². The van der Waals surface area contributed by atoms with E-state index in [0.29, 0.717) is 12.1 Å². The Bertz CT molecular complexity index is 272. The molecule has 19 heavy (non-hydrogen) atoms. The SMILES string of the molecule is COCCCN1C(C)CN(C(=O)NC(C)C)CC1C. The normalized spacial score (nSPS) is 24.8. The molecule has 1 heterocycles. The lowest BCUT2D eigenvalue weighted by Crippen LogP contribution is -2.60. The zero-order valence-corrected chi connectivity index (χ0v) is 13.0. The van der Waals surface area contributed by atoms with Gasteiger partial charge in [0.25, 0.3) is 0 Å². The highest BCUT2D eigenvalue weighted by molar-refractivity contribution is 5.74. The van der Waals surface area contributed by atoms with E-state index in [0.717, 1.165) is 32.7 Å². The van der Waals surface area contributed by atoms with Crippen molar-refractivity contribution in [2.24, 2.45) is 0 Å². The molecule has 0 radical (unpaired) electrons. The molecule has 0 aromatic rings. The van der Waals surface area contributed by atoms with Crippen LogP contribution in [-0.4, -0.2) is 67.3 Å². The quantitative estimate of drug-likeness (QED) is 0.771. The minimum Gasteiger partial charge on any atom is -0.385 e. The van der Waals surface area contributed by atoms with Gasteiger partial charge in [-0.3, -0.25) is 4.90 Å². The van der Waals surface area contributed by atoms with Gasteiger partial charge >= 0.3 is 6.03 Å². The van der Waals surface area contributed by atoms with Gasteiger partial charge in [-0.25, -0.2) is 4.79 Å². The van der Waals surface area contributed by atoms with Crippen molar-refractivity contribution in [3.8, 4) is 0 Å². The smallest absolute Gasteiger partial charge is 0.317 e. The number of methoxy groups -OCH3 is 1. The summed E-state index contributed by atoms with van der Waals surface area (Å²) < 4.78 is 5.11. The maximum absolute atomic E-state index is 12.0. The molecule has 0 bridgehead atoms. The summed E-state index contributed by atoms with van der Waals surface area (Å²) in [6.07, 6.45) is 1.05. The Morgan fingerprint density at radius 2 is 1.89 bits per heavy atom. The molecule has 5 nitrogen and oxygen atoms in total. The first-order chi connectivity index (χ1) is 8.95. The average molecular weight is 271 g/mol. The van der Waals surface area contributed by atoms with Crippen molar-refractivity contribution < 1.29 is 9.53 Å². The van der Waals surface area contributed by atoms with E-state index in [2.05, 4.69) is 24.1 Å². The average Bonchev–Trinajstić information content (AvgIpc) is 2.31. The number of rotatable bonds is 5. The van der Waals surface area contributed by atoms with Crippen LogP contribution in [-0.2, 0) is 4.74 Å². The maximum atomic E-state index is 12.0. The van der Waals surface area contributed by atoms with Gasteiger partial charge in [0.05, 0.1) is 0 Å². The molecule has 1 rings (SSSR count). The number of nitrogens with one attached hydrogen (secondary N) is 1. The number of hydrogen-bond acceptors (Lipinski definition) is 3. The fourth-order valence-corrected chi connectivity index (χ4v) is 2.69. The standard InChI is InChI=1S/C14H29N3O2/c1-11(2)15-14(18)16-9-12(3)17(13(4)10-16)7-6-8-19-5/h11-13H,6-10H2,1-5H3,(H,15,18). The van der Waals surface area contributed by atoms with E-state index >= 15 is 0 Å². The number of carbonyl (C=O) groups excluding carboxylic acids is 1. The van der Waals surface area contributed by atoms with E-state index < -0.39 is 0 Å². The molecule has 112 valence electrons. The molecule has 0 aliphatic carbocycles. The fourth-order valence-electron chi connectivity index (χ4n) is 2.69. The second kappa shape index (κ2) is 7.70. The Labute approximate surface area is 117 Å². The summed E-state index contributed by atoms with van der Waals surface area (Å²) in [7, 11) is 1.74. The summed E-state index contributed by atoms with van der Waals surface area (Å²) in [5, 5.41) is 2.97. The third kappa shape index (κ3) is 4.99. The zero-order valence-electron chi connectivity index (χ0n) is 13.0. The molecule has 1 fully saturated rings. The van der Waals surface area contributed by atoms with Crippen molar-refractivity contribution in [1.82, 2.24) is 15.1 Å². The van der Waals surface area contributed by atoms with E-state index in [1.54, 1.807) is 7.11 Å². The summed E-state index contributed by atoms with van der Waals surface area (Å²) in [5.74, 6) is 0. The van der Waals surface area contributed by atoms with Crippen molar-refractivity contribution in [2.75, 3.05) is 33.4 Å². The van der Waals surface area contributed by atoms with Crippen LogP contribution in [0.1, 0.15) is 34.1 Å². The molecule has 1 aliphatic rings. The molecule has 0 aromatic carbocycles. The van der Waals surface area contributed by atoms with Gasteiger partial charge in [0, 0.05) is 51.5 Å². The van der Waals surface area contributed by atoms with E-state index in [-0.39, 0.29) is 12.1 Å². The van der Waals surface area contributed by atoms with Crippen molar-refractivity contribution in [1.29, 1.82) is 0 Å². The Morgan fingerprint density at radius 3 is 2.37 bits per heavy atom. The Morgan fingerprint density at radius 1 is 1.32 bits per heavy atom. The summed E-state index contributed by atoms with van der Waals surface area (Å²) in [4.78, 5) is 16.4. The number of carbonyl (C=O) groups is 1. The molecule has 0 aromatic heterocycles. The minimum atomic E-state index is 0.0604. The van der Waals surface area contributed by atoms with Crippen molar-refractivity contribution >= 4 is 6.03 Å². The highest BCUT2D eigenvalue weighted by Gasteiger charge is 2.31. The van der Waals surface area contributed by atoms with Crippen LogP contribution in [0.15, 0.2) is 0 Å². The van der Waals surface area contributed by atoms with Crippen molar-refractivity contribution in [3.05, 3.63) is 0 Å². The summed E-state index contributed by atoms with van der Waals surface area (Å²) in [6, 6.07) is 1.06. The number of hydrogen-bond donors (Lipinski definition) is 1. The molecule has 2 amide bonds. The van der Waals surface area contributed by atoms with Gasteiger partial charge < -0.3 is 15.0 Å². The van der Waals surface area contributed by atoms with Crippen LogP contribution >= 0.6 is 0 Å². The Balaban J connectivity index is 2.48. The number of piperazine rings is 1. The highest BCUT2D eigenvalue weighted by atomic mass is 16.5. The number of amides is 2. The molecule has 2 unspecified atom stereocenters. The van der Waals surface area contributed by atoms with Crippen molar-refractivity contribution in [2.45, 2.75) is 52.2 Å². The monoisotopic (exact) mass is 271 g/mol. The lowest BCUT2D eigenvalue weighted by molar-refractivity contribution is 0.0476. The van der Waals surface area contributed by atoms with E-state index in [9.17, 15) is 4.79 Å². The Kier molecular flexibility index (Phi) is 6.58. The molecule has 1 N–H and O–H groups in total. The predicted molar refractivity (Wildman–Crippen MR) is 77.4 cm³/mol. The first kappa shape index (κ1) is 16.2. The lowest BCUT2D eigenvalue weighted by Gasteiger charge is -2.44. The van der Waals surface area contributed by atoms with E-state index in [1.165, 1.54) is 0 Å². The molecular formula is C14H29N3O2. The Hall–Kier alpha value is -0.810. The number of ether oxygens (including phenoxy) is 1. The van der Waals surface area contributed by atoms with Crippen LogP contribution in [0.2, 0.25) is 0 Å². The lowest BCUT2D eigenvalue weighted by atomic mass is 10.1. The summed E-state index contributed by atoms with van der Waals surface area (Å²) in [6.45, 7) is 11.8. The molecule has 2 atom stereocenters. The van der Waals surface area contributed by atoms with Crippen molar-refractivity contribution in [3.63, 3.8) is 0 Å². The predicted octanol–water partition coefficient (Wildman–Crippen LogP) is 1.54.